The van der Waals surface area contributed by atoms with Gasteiger partial charge in [-0.15, -0.1) is 0 Å². The summed E-state index contributed by atoms with van der Waals surface area (Å²) in [5, 5.41) is 0. The highest BCUT2D eigenvalue weighted by atomic mass is 79.9. The van der Waals surface area contributed by atoms with Crippen molar-refractivity contribution in [2.24, 2.45) is 0 Å². The fourth-order valence-electron chi connectivity index (χ4n) is 5.78. The summed E-state index contributed by atoms with van der Waals surface area (Å²) in [5.41, 5.74) is 9.43. The van der Waals surface area contributed by atoms with Crippen molar-refractivity contribution in [1.29, 1.82) is 0 Å². The molecule has 0 atom stereocenters. The highest BCUT2D eigenvalue weighted by Gasteiger charge is 2.33. The van der Waals surface area contributed by atoms with E-state index in [1.54, 1.807) is 18.2 Å². The molecule has 7 rings (SSSR count). The molecule has 2 nitrogen and oxygen atoms in total. The Labute approximate surface area is 260 Å². The molecule has 0 saturated heterocycles. The third-order valence-electron chi connectivity index (χ3n) is 7.80. The molecule has 6 aromatic rings. The standard InChI is InChI=1S/C38H22Br2O2/c39-33-19-15-25(21-31(33)23-9-3-1-4-10-23)27-17-18-30-36(38(42)29-14-8-7-13-28(29)37(30)41)35(27)26-16-20-34(40)32(22-26)24-11-5-2-6-12-24/h1-22H. The summed E-state index contributed by atoms with van der Waals surface area (Å²) in [6.45, 7) is 0. The Hall–Kier alpha value is -4.38. The van der Waals surface area contributed by atoms with E-state index in [2.05, 4.69) is 74.3 Å². The predicted octanol–water partition coefficient (Wildman–Crippen LogP) is 10.7. The van der Waals surface area contributed by atoms with Crippen molar-refractivity contribution < 1.29 is 9.59 Å². The average Bonchev–Trinajstić information content (AvgIpc) is 3.04. The van der Waals surface area contributed by atoms with Crippen molar-refractivity contribution in [2.45, 2.75) is 0 Å². The van der Waals surface area contributed by atoms with Crippen molar-refractivity contribution in [3.8, 4) is 44.5 Å². The van der Waals surface area contributed by atoms with Crippen LogP contribution in [0, 0.1) is 0 Å². The van der Waals surface area contributed by atoms with Gasteiger partial charge in [-0.25, -0.2) is 0 Å². The van der Waals surface area contributed by atoms with Crippen molar-refractivity contribution >= 4 is 43.4 Å². The van der Waals surface area contributed by atoms with Crippen LogP contribution >= 0.6 is 31.9 Å². The number of ketones is 2. The number of hydrogen-bond acceptors (Lipinski definition) is 2. The first-order chi connectivity index (χ1) is 20.5. The maximum Gasteiger partial charge on any atom is 0.195 e. The molecular weight excluding hydrogens is 648 g/mol. The van der Waals surface area contributed by atoms with Gasteiger partial charge < -0.3 is 0 Å². The molecule has 0 aromatic heterocycles. The summed E-state index contributed by atoms with van der Waals surface area (Å²) in [5.74, 6) is -0.268. The number of carbonyl (C=O) groups excluding carboxylic acids is 2. The molecule has 6 aromatic carbocycles. The maximum absolute atomic E-state index is 14.2. The zero-order chi connectivity index (χ0) is 28.8. The molecule has 0 heterocycles. The first-order valence-corrected chi connectivity index (χ1v) is 15.2. The number of benzene rings is 6. The van der Waals surface area contributed by atoms with Gasteiger partial charge in [0.15, 0.2) is 11.6 Å². The van der Waals surface area contributed by atoms with Crippen molar-refractivity contribution in [1.82, 2.24) is 0 Å². The van der Waals surface area contributed by atoms with E-state index in [1.807, 2.05) is 72.8 Å². The first-order valence-electron chi connectivity index (χ1n) is 13.6. The Morgan fingerprint density at radius 2 is 0.810 bits per heavy atom. The van der Waals surface area contributed by atoms with Crippen LogP contribution in [0.5, 0.6) is 0 Å². The number of halogens is 2. The second-order valence-electron chi connectivity index (χ2n) is 10.2. The summed E-state index contributed by atoms with van der Waals surface area (Å²) in [6, 6.07) is 43.6. The minimum absolute atomic E-state index is 0.130. The van der Waals surface area contributed by atoms with Crippen LogP contribution in [0.3, 0.4) is 0 Å². The molecule has 0 radical (unpaired) electrons. The fourth-order valence-corrected chi connectivity index (χ4v) is 6.73. The van der Waals surface area contributed by atoms with Gasteiger partial charge in [0.25, 0.3) is 0 Å². The van der Waals surface area contributed by atoms with Gasteiger partial charge in [-0.05, 0) is 69.3 Å². The maximum atomic E-state index is 14.2. The van der Waals surface area contributed by atoms with Crippen LogP contribution < -0.4 is 0 Å². The molecule has 0 amide bonds. The number of rotatable bonds is 4. The Morgan fingerprint density at radius 3 is 1.40 bits per heavy atom. The summed E-state index contributed by atoms with van der Waals surface area (Å²) >= 11 is 7.48. The van der Waals surface area contributed by atoms with Crippen LogP contribution in [0.2, 0.25) is 0 Å². The minimum Gasteiger partial charge on any atom is -0.289 e. The lowest BCUT2D eigenvalue weighted by molar-refractivity contribution is 0.0979. The lowest BCUT2D eigenvalue weighted by Crippen LogP contribution is -2.22. The van der Waals surface area contributed by atoms with Gasteiger partial charge >= 0.3 is 0 Å². The Balaban J connectivity index is 1.53. The van der Waals surface area contributed by atoms with E-state index < -0.39 is 0 Å². The van der Waals surface area contributed by atoms with E-state index >= 15 is 0 Å². The molecule has 0 aliphatic heterocycles. The molecule has 0 fully saturated rings. The predicted molar refractivity (Wildman–Crippen MR) is 177 cm³/mol. The zero-order valence-corrected chi connectivity index (χ0v) is 25.4. The van der Waals surface area contributed by atoms with E-state index in [4.69, 9.17) is 0 Å². The molecule has 0 bridgehead atoms. The number of hydrogen-bond donors (Lipinski definition) is 0. The van der Waals surface area contributed by atoms with Crippen molar-refractivity contribution in [2.75, 3.05) is 0 Å². The molecular formula is C38H22Br2O2. The zero-order valence-electron chi connectivity index (χ0n) is 22.3. The average molecular weight is 670 g/mol. The van der Waals surface area contributed by atoms with E-state index in [-0.39, 0.29) is 11.6 Å². The van der Waals surface area contributed by atoms with Crippen LogP contribution in [0.15, 0.2) is 142 Å². The lowest BCUT2D eigenvalue weighted by Gasteiger charge is -2.24. The van der Waals surface area contributed by atoms with Gasteiger partial charge in [0, 0.05) is 36.8 Å². The van der Waals surface area contributed by atoms with Crippen LogP contribution in [0.25, 0.3) is 44.5 Å². The quantitative estimate of drug-likeness (QED) is 0.187. The largest absolute Gasteiger partial charge is 0.289 e. The monoisotopic (exact) mass is 668 g/mol. The van der Waals surface area contributed by atoms with Gasteiger partial charge in [-0.1, -0.05) is 135 Å². The number of fused-ring (bicyclic) bond motifs is 2. The topological polar surface area (TPSA) is 34.1 Å². The van der Waals surface area contributed by atoms with Crippen LogP contribution in [-0.2, 0) is 0 Å². The number of carbonyl (C=O) groups is 2. The third kappa shape index (κ3) is 4.48. The molecule has 42 heavy (non-hydrogen) atoms. The minimum atomic E-state index is -0.137. The SMILES string of the molecule is O=C1c2ccccc2C(=O)c2c1ccc(-c1ccc(Br)c(-c3ccccc3)c1)c2-c1ccc(Br)c(-c2ccccc2)c1. The molecule has 0 spiro atoms. The Bertz CT molecular complexity index is 2030. The first kappa shape index (κ1) is 26.5. The molecule has 0 unspecified atom stereocenters. The summed E-state index contributed by atoms with van der Waals surface area (Å²) < 4.78 is 1.93. The van der Waals surface area contributed by atoms with Gasteiger partial charge in [-0.3, -0.25) is 9.59 Å². The molecule has 0 saturated carbocycles. The third-order valence-corrected chi connectivity index (χ3v) is 9.18. The van der Waals surface area contributed by atoms with Crippen LogP contribution in [0.1, 0.15) is 31.8 Å². The highest BCUT2D eigenvalue weighted by Crippen LogP contribution is 2.44. The summed E-state index contributed by atoms with van der Waals surface area (Å²) in [6.07, 6.45) is 0. The summed E-state index contributed by atoms with van der Waals surface area (Å²) in [4.78, 5) is 28.0. The van der Waals surface area contributed by atoms with E-state index in [1.165, 1.54) is 0 Å². The Kier molecular flexibility index (Phi) is 6.81. The van der Waals surface area contributed by atoms with Gasteiger partial charge in [0.2, 0.25) is 0 Å². The van der Waals surface area contributed by atoms with Crippen LogP contribution in [-0.4, -0.2) is 11.6 Å². The van der Waals surface area contributed by atoms with Crippen molar-refractivity contribution in [3.05, 3.63) is 165 Å². The molecule has 1 aliphatic rings. The van der Waals surface area contributed by atoms with Gasteiger partial charge in [0.05, 0.1) is 0 Å². The molecule has 200 valence electrons. The second-order valence-corrected chi connectivity index (χ2v) is 11.9. The van der Waals surface area contributed by atoms with E-state index in [0.29, 0.717) is 22.3 Å². The molecule has 4 heteroatoms. The smallest absolute Gasteiger partial charge is 0.195 e. The molecule has 0 N–H and O–H groups in total. The van der Waals surface area contributed by atoms with Gasteiger partial charge in [-0.2, -0.15) is 0 Å². The van der Waals surface area contributed by atoms with E-state index in [0.717, 1.165) is 53.5 Å². The molecule has 1 aliphatic carbocycles. The normalized spacial score (nSPS) is 12.1. The Morgan fingerprint density at radius 1 is 0.333 bits per heavy atom. The fraction of sp³-hybridized carbons (Fsp3) is 0. The lowest BCUT2D eigenvalue weighted by atomic mass is 9.77. The van der Waals surface area contributed by atoms with Gasteiger partial charge in [0.1, 0.15) is 0 Å². The van der Waals surface area contributed by atoms with Crippen molar-refractivity contribution in [3.63, 3.8) is 0 Å². The van der Waals surface area contributed by atoms with Crippen LogP contribution in [0.4, 0.5) is 0 Å². The second kappa shape index (κ2) is 10.8. The summed E-state index contributed by atoms with van der Waals surface area (Å²) in [7, 11) is 0. The van der Waals surface area contributed by atoms with E-state index in [9.17, 15) is 9.59 Å². The highest BCUT2D eigenvalue weighted by molar-refractivity contribution is 9.11.